The van der Waals surface area contributed by atoms with Gasteiger partial charge in [-0.25, -0.2) is 9.59 Å². The van der Waals surface area contributed by atoms with E-state index in [0.717, 1.165) is 0 Å². The summed E-state index contributed by atoms with van der Waals surface area (Å²) >= 11 is 5.48. The lowest BCUT2D eigenvalue weighted by Crippen LogP contribution is -2.46. The zero-order valence-electron chi connectivity index (χ0n) is 8.20. The predicted octanol–water partition coefficient (Wildman–Crippen LogP) is 0.998. The van der Waals surface area contributed by atoms with Crippen molar-refractivity contribution in [2.75, 3.05) is 13.1 Å². The van der Waals surface area contributed by atoms with Crippen LogP contribution in [0, 0.1) is 0 Å². The smallest absolute Gasteiger partial charge is 0.326 e. The van der Waals surface area contributed by atoms with Gasteiger partial charge >= 0.3 is 12.0 Å². The molecule has 0 saturated carbocycles. The average Bonchev–Trinajstić information content (AvgIpc) is 2.62. The van der Waals surface area contributed by atoms with E-state index in [1.54, 1.807) is 0 Å². The summed E-state index contributed by atoms with van der Waals surface area (Å²) < 4.78 is 0. The fourth-order valence-electron chi connectivity index (χ4n) is 1.54. The van der Waals surface area contributed by atoms with Crippen molar-refractivity contribution in [2.45, 2.75) is 18.9 Å². The van der Waals surface area contributed by atoms with Crippen molar-refractivity contribution in [2.24, 2.45) is 0 Å². The zero-order chi connectivity index (χ0) is 11.4. The number of amides is 2. The molecule has 0 aliphatic carbocycles. The molecular formula is C9H13ClN2O3. The van der Waals surface area contributed by atoms with E-state index < -0.39 is 18.0 Å². The number of rotatable bonds is 3. The van der Waals surface area contributed by atoms with E-state index in [9.17, 15) is 9.59 Å². The number of carboxylic acids is 1. The molecule has 1 fully saturated rings. The van der Waals surface area contributed by atoms with Crippen molar-refractivity contribution in [3.05, 3.63) is 11.6 Å². The maximum Gasteiger partial charge on any atom is 0.326 e. The molecule has 2 amide bonds. The molecule has 0 aromatic heterocycles. The highest BCUT2D eigenvalue weighted by molar-refractivity contribution is 6.29. The molecule has 1 aliphatic heterocycles. The summed E-state index contributed by atoms with van der Waals surface area (Å²) in [5, 5.41) is 11.7. The van der Waals surface area contributed by atoms with Crippen LogP contribution in [0.4, 0.5) is 4.79 Å². The molecule has 0 unspecified atom stereocenters. The predicted molar refractivity (Wildman–Crippen MR) is 55.8 cm³/mol. The number of carbonyl (C=O) groups is 2. The minimum atomic E-state index is -0.965. The zero-order valence-corrected chi connectivity index (χ0v) is 8.96. The van der Waals surface area contributed by atoms with Crippen LogP contribution in [0.15, 0.2) is 11.6 Å². The molecule has 2 N–H and O–H groups in total. The molecule has 0 aromatic rings. The third-order valence-corrected chi connectivity index (χ3v) is 2.36. The van der Waals surface area contributed by atoms with Gasteiger partial charge in [0.15, 0.2) is 0 Å². The molecule has 6 heteroatoms. The summed E-state index contributed by atoms with van der Waals surface area (Å²) in [5.74, 6) is -0.965. The highest BCUT2D eigenvalue weighted by Crippen LogP contribution is 2.17. The van der Waals surface area contributed by atoms with Gasteiger partial charge in [0.25, 0.3) is 0 Å². The number of halogens is 1. The van der Waals surface area contributed by atoms with Crippen LogP contribution < -0.4 is 5.32 Å². The Morgan fingerprint density at radius 3 is 2.80 bits per heavy atom. The Bertz CT molecular complexity index is 293. The van der Waals surface area contributed by atoms with Crippen molar-refractivity contribution in [1.29, 1.82) is 0 Å². The first-order chi connectivity index (χ1) is 7.02. The average molecular weight is 233 g/mol. The van der Waals surface area contributed by atoms with Crippen LogP contribution in [0.25, 0.3) is 0 Å². The molecule has 1 aliphatic rings. The number of nitrogens with zero attached hydrogens (tertiary/aromatic N) is 1. The molecular weight excluding hydrogens is 220 g/mol. The van der Waals surface area contributed by atoms with Crippen molar-refractivity contribution >= 4 is 23.6 Å². The summed E-state index contributed by atoms with van der Waals surface area (Å²) in [6, 6.07) is -1.12. The van der Waals surface area contributed by atoms with Gasteiger partial charge in [-0.2, -0.15) is 0 Å². The van der Waals surface area contributed by atoms with Crippen molar-refractivity contribution in [3.8, 4) is 0 Å². The second-order valence-electron chi connectivity index (χ2n) is 3.37. The Labute approximate surface area is 92.7 Å². The summed E-state index contributed by atoms with van der Waals surface area (Å²) in [6.45, 7) is 4.05. The second-order valence-corrected chi connectivity index (χ2v) is 3.90. The first-order valence-electron chi connectivity index (χ1n) is 4.63. The first-order valence-corrected chi connectivity index (χ1v) is 5.00. The summed E-state index contributed by atoms with van der Waals surface area (Å²) in [4.78, 5) is 23.6. The van der Waals surface area contributed by atoms with E-state index in [4.69, 9.17) is 16.7 Å². The number of nitrogens with one attached hydrogen (secondary N) is 1. The Morgan fingerprint density at radius 1 is 1.60 bits per heavy atom. The van der Waals surface area contributed by atoms with Crippen LogP contribution in [-0.4, -0.2) is 41.1 Å². The van der Waals surface area contributed by atoms with E-state index in [0.29, 0.717) is 24.4 Å². The Balaban J connectivity index is 2.51. The maximum absolute atomic E-state index is 11.5. The SMILES string of the molecule is C=C(Cl)CNC(=O)N1CCC[C@H]1C(=O)O. The molecule has 0 aromatic carbocycles. The largest absolute Gasteiger partial charge is 0.480 e. The van der Waals surface area contributed by atoms with E-state index in [2.05, 4.69) is 11.9 Å². The van der Waals surface area contributed by atoms with E-state index in [1.807, 2.05) is 0 Å². The lowest BCUT2D eigenvalue weighted by Gasteiger charge is -2.21. The molecule has 1 heterocycles. The van der Waals surface area contributed by atoms with E-state index in [1.165, 1.54) is 4.90 Å². The van der Waals surface area contributed by atoms with Gasteiger partial charge in [0.1, 0.15) is 6.04 Å². The second kappa shape index (κ2) is 5.02. The molecule has 84 valence electrons. The van der Waals surface area contributed by atoms with Gasteiger partial charge in [0, 0.05) is 11.6 Å². The van der Waals surface area contributed by atoms with Crippen LogP contribution in [0.3, 0.4) is 0 Å². The quantitative estimate of drug-likeness (QED) is 0.763. The molecule has 0 spiro atoms. The van der Waals surface area contributed by atoms with Crippen molar-refractivity contribution in [1.82, 2.24) is 10.2 Å². The Morgan fingerprint density at radius 2 is 2.27 bits per heavy atom. The molecule has 5 nitrogen and oxygen atoms in total. The van der Waals surface area contributed by atoms with Crippen LogP contribution in [-0.2, 0) is 4.79 Å². The number of likely N-dealkylation sites (tertiary alicyclic amines) is 1. The van der Waals surface area contributed by atoms with Gasteiger partial charge in [-0.05, 0) is 12.8 Å². The Hall–Kier alpha value is -1.23. The van der Waals surface area contributed by atoms with Crippen LogP contribution in [0.2, 0.25) is 0 Å². The standard InChI is InChI=1S/C9H13ClN2O3/c1-6(10)5-11-9(15)12-4-2-3-7(12)8(13)14/h7H,1-5H2,(H,11,15)(H,13,14)/t7-/m0/s1. The lowest BCUT2D eigenvalue weighted by molar-refractivity contribution is -0.141. The van der Waals surface area contributed by atoms with Crippen LogP contribution >= 0.6 is 11.6 Å². The van der Waals surface area contributed by atoms with E-state index in [-0.39, 0.29) is 6.54 Å². The monoisotopic (exact) mass is 232 g/mol. The number of urea groups is 1. The third-order valence-electron chi connectivity index (χ3n) is 2.23. The fraction of sp³-hybridized carbons (Fsp3) is 0.556. The van der Waals surface area contributed by atoms with Crippen LogP contribution in [0.1, 0.15) is 12.8 Å². The Kier molecular flexibility index (Phi) is 3.96. The van der Waals surface area contributed by atoms with Gasteiger partial charge in [-0.15, -0.1) is 0 Å². The summed E-state index contributed by atoms with van der Waals surface area (Å²) in [7, 11) is 0. The highest BCUT2D eigenvalue weighted by atomic mass is 35.5. The van der Waals surface area contributed by atoms with E-state index >= 15 is 0 Å². The van der Waals surface area contributed by atoms with Crippen molar-refractivity contribution in [3.63, 3.8) is 0 Å². The van der Waals surface area contributed by atoms with Gasteiger partial charge in [0.2, 0.25) is 0 Å². The molecule has 0 bridgehead atoms. The number of aliphatic carboxylic acids is 1. The molecule has 1 saturated heterocycles. The topological polar surface area (TPSA) is 69.6 Å². The number of hydrogen-bond acceptors (Lipinski definition) is 2. The highest BCUT2D eigenvalue weighted by Gasteiger charge is 2.33. The minimum absolute atomic E-state index is 0.156. The van der Waals surface area contributed by atoms with Crippen molar-refractivity contribution < 1.29 is 14.7 Å². The first kappa shape index (κ1) is 11.8. The normalized spacial score (nSPS) is 20.1. The molecule has 1 rings (SSSR count). The van der Waals surface area contributed by atoms with Gasteiger partial charge < -0.3 is 15.3 Å². The van der Waals surface area contributed by atoms with Gasteiger partial charge in [-0.1, -0.05) is 18.2 Å². The van der Waals surface area contributed by atoms with Gasteiger partial charge in [0.05, 0.1) is 6.54 Å². The molecule has 1 atom stereocenters. The fourth-order valence-corrected chi connectivity index (χ4v) is 1.61. The summed E-state index contributed by atoms with van der Waals surface area (Å²) in [5.41, 5.74) is 0. The number of carbonyl (C=O) groups excluding carboxylic acids is 1. The number of carboxylic acid groups (broad SMARTS) is 1. The summed E-state index contributed by atoms with van der Waals surface area (Å²) in [6.07, 6.45) is 1.22. The maximum atomic E-state index is 11.5. The minimum Gasteiger partial charge on any atom is -0.480 e. The number of hydrogen-bond donors (Lipinski definition) is 2. The lowest BCUT2D eigenvalue weighted by atomic mass is 10.2. The molecule has 0 radical (unpaired) electrons. The van der Waals surface area contributed by atoms with Crippen LogP contribution in [0.5, 0.6) is 0 Å². The van der Waals surface area contributed by atoms with Gasteiger partial charge in [-0.3, -0.25) is 0 Å². The molecule has 15 heavy (non-hydrogen) atoms. The third kappa shape index (κ3) is 3.13.